The maximum Gasteiger partial charge on any atom is 0.166 e. The van der Waals surface area contributed by atoms with Gasteiger partial charge in [-0.3, -0.25) is 4.79 Å². The van der Waals surface area contributed by atoms with E-state index in [0.29, 0.717) is 12.0 Å². The topological polar surface area (TPSA) is 30.2 Å². The van der Waals surface area contributed by atoms with Crippen LogP contribution < -0.4 is 0 Å². The van der Waals surface area contributed by atoms with E-state index in [1.807, 2.05) is 6.26 Å². The van der Waals surface area contributed by atoms with Gasteiger partial charge in [0, 0.05) is 12.2 Å². The minimum absolute atomic E-state index is 0.160. The van der Waals surface area contributed by atoms with Crippen molar-refractivity contribution in [2.75, 3.05) is 12.0 Å². The lowest BCUT2D eigenvalue weighted by atomic mass is 10.2. The number of rotatable bonds is 4. The van der Waals surface area contributed by atoms with Gasteiger partial charge in [0.25, 0.3) is 0 Å². The first-order valence-electron chi connectivity index (χ1n) is 3.39. The fraction of sp³-hybridized carbons (Fsp3) is 0.375. The van der Waals surface area contributed by atoms with Crippen LogP contribution in [0.2, 0.25) is 0 Å². The van der Waals surface area contributed by atoms with Crippen molar-refractivity contribution < 1.29 is 9.21 Å². The number of furan rings is 1. The molecule has 1 aromatic heterocycles. The number of carbonyl (C=O) groups is 1. The second-order valence-corrected chi connectivity index (χ2v) is 3.16. The normalized spacial score (nSPS) is 9.91. The van der Waals surface area contributed by atoms with Crippen molar-refractivity contribution in [3.63, 3.8) is 0 Å². The molecule has 1 aromatic rings. The summed E-state index contributed by atoms with van der Waals surface area (Å²) in [7, 11) is 0. The number of thioether (sulfide) groups is 1. The molecule has 2 nitrogen and oxygen atoms in total. The number of Topliss-reactive ketones (excluding diaryl/α,β-unsaturated/α-hetero) is 1. The minimum atomic E-state index is 0.160. The summed E-state index contributed by atoms with van der Waals surface area (Å²) in [5.74, 6) is 1.04. The summed E-state index contributed by atoms with van der Waals surface area (Å²) < 4.78 is 4.79. The average molecular weight is 170 g/mol. The summed E-state index contributed by atoms with van der Waals surface area (Å²) in [6.07, 6.45) is 5.60. The van der Waals surface area contributed by atoms with Gasteiger partial charge in [0.2, 0.25) is 0 Å². The monoisotopic (exact) mass is 170 g/mol. The Bertz CT molecular complexity index is 216. The van der Waals surface area contributed by atoms with E-state index < -0.39 is 0 Å². The van der Waals surface area contributed by atoms with Gasteiger partial charge in [0.1, 0.15) is 6.26 Å². The molecule has 0 aliphatic heterocycles. The standard InChI is InChI=1S/C8H10O2S/c1-11-5-3-8(9)7-2-4-10-6-7/h2,4,6H,3,5H2,1H3. The van der Waals surface area contributed by atoms with Crippen molar-refractivity contribution in [2.45, 2.75) is 6.42 Å². The lowest BCUT2D eigenvalue weighted by Crippen LogP contribution is -1.97. The molecule has 0 fully saturated rings. The van der Waals surface area contributed by atoms with Crippen molar-refractivity contribution in [3.8, 4) is 0 Å². The zero-order valence-corrected chi connectivity index (χ0v) is 7.19. The Morgan fingerprint density at radius 2 is 2.55 bits per heavy atom. The van der Waals surface area contributed by atoms with Gasteiger partial charge in [-0.05, 0) is 12.3 Å². The van der Waals surface area contributed by atoms with Crippen molar-refractivity contribution >= 4 is 17.5 Å². The molecule has 0 N–H and O–H groups in total. The fourth-order valence-electron chi connectivity index (χ4n) is 0.762. The van der Waals surface area contributed by atoms with Gasteiger partial charge in [-0.2, -0.15) is 11.8 Å². The van der Waals surface area contributed by atoms with Crippen LogP contribution in [0.15, 0.2) is 23.0 Å². The van der Waals surface area contributed by atoms with E-state index in [0.717, 1.165) is 5.75 Å². The highest BCUT2D eigenvalue weighted by Crippen LogP contribution is 2.06. The molecular formula is C8H10O2S. The van der Waals surface area contributed by atoms with E-state index in [2.05, 4.69) is 0 Å². The SMILES string of the molecule is CSCCC(=O)c1ccoc1. The van der Waals surface area contributed by atoms with E-state index in [9.17, 15) is 4.79 Å². The van der Waals surface area contributed by atoms with Crippen LogP contribution in [0.3, 0.4) is 0 Å². The fourth-order valence-corrected chi connectivity index (χ4v) is 1.15. The van der Waals surface area contributed by atoms with Crippen LogP contribution in [0.4, 0.5) is 0 Å². The molecule has 0 unspecified atom stereocenters. The Hall–Kier alpha value is -0.700. The highest BCUT2D eigenvalue weighted by atomic mass is 32.2. The van der Waals surface area contributed by atoms with Gasteiger partial charge >= 0.3 is 0 Å². The molecule has 0 bridgehead atoms. The van der Waals surface area contributed by atoms with Crippen molar-refractivity contribution in [1.29, 1.82) is 0 Å². The van der Waals surface area contributed by atoms with E-state index in [4.69, 9.17) is 4.42 Å². The first-order valence-corrected chi connectivity index (χ1v) is 4.78. The van der Waals surface area contributed by atoms with Crippen LogP contribution in [-0.2, 0) is 0 Å². The zero-order valence-electron chi connectivity index (χ0n) is 6.37. The van der Waals surface area contributed by atoms with Crippen LogP contribution in [0.1, 0.15) is 16.8 Å². The van der Waals surface area contributed by atoms with Crippen LogP contribution in [0, 0.1) is 0 Å². The van der Waals surface area contributed by atoms with Crippen molar-refractivity contribution in [2.24, 2.45) is 0 Å². The van der Waals surface area contributed by atoms with Crippen LogP contribution in [0.25, 0.3) is 0 Å². The summed E-state index contributed by atoms with van der Waals surface area (Å²) in [5, 5.41) is 0. The first kappa shape index (κ1) is 8.40. The molecule has 11 heavy (non-hydrogen) atoms. The number of ketones is 1. The third-order valence-corrected chi connectivity index (χ3v) is 1.99. The lowest BCUT2D eigenvalue weighted by Gasteiger charge is -1.93. The number of hydrogen-bond acceptors (Lipinski definition) is 3. The summed E-state index contributed by atoms with van der Waals surface area (Å²) in [4.78, 5) is 11.2. The lowest BCUT2D eigenvalue weighted by molar-refractivity contribution is 0.0989. The van der Waals surface area contributed by atoms with E-state index in [-0.39, 0.29) is 5.78 Å². The minimum Gasteiger partial charge on any atom is -0.472 e. The second kappa shape index (κ2) is 4.23. The predicted octanol–water partition coefficient (Wildman–Crippen LogP) is 2.22. The van der Waals surface area contributed by atoms with E-state index in [1.165, 1.54) is 12.5 Å². The first-order chi connectivity index (χ1) is 5.34. The van der Waals surface area contributed by atoms with Gasteiger partial charge in [-0.25, -0.2) is 0 Å². The van der Waals surface area contributed by atoms with Gasteiger partial charge in [-0.15, -0.1) is 0 Å². The number of hydrogen-bond donors (Lipinski definition) is 0. The summed E-state index contributed by atoms with van der Waals surface area (Å²) in [6.45, 7) is 0. The number of carbonyl (C=O) groups excluding carboxylic acids is 1. The molecule has 1 heterocycles. The largest absolute Gasteiger partial charge is 0.472 e. The van der Waals surface area contributed by atoms with Crippen molar-refractivity contribution in [3.05, 3.63) is 24.2 Å². The Labute approximate surface area is 70.0 Å². The zero-order chi connectivity index (χ0) is 8.10. The van der Waals surface area contributed by atoms with E-state index in [1.54, 1.807) is 17.8 Å². The summed E-state index contributed by atoms with van der Waals surface area (Å²) >= 11 is 1.68. The molecule has 0 radical (unpaired) electrons. The molecule has 3 heteroatoms. The molecule has 60 valence electrons. The molecule has 1 rings (SSSR count). The second-order valence-electron chi connectivity index (χ2n) is 2.18. The average Bonchev–Trinajstić information content (AvgIpc) is 2.52. The molecule has 0 aromatic carbocycles. The Morgan fingerprint density at radius 3 is 3.09 bits per heavy atom. The predicted molar refractivity (Wildman–Crippen MR) is 46.0 cm³/mol. The van der Waals surface area contributed by atoms with Gasteiger partial charge in [0.15, 0.2) is 5.78 Å². The van der Waals surface area contributed by atoms with Crippen LogP contribution >= 0.6 is 11.8 Å². The van der Waals surface area contributed by atoms with Gasteiger partial charge in [0.05, 0.1) is 11.8 Å². The molecule has 0 saturated heterocycles. The molecule has 0 atom stereocenters. The Morgan fingerprint density at radius 1 is 1.73 bits per heavy atom. The van der Waals surface area contributed by atoms with Gasteiger partial charge < -0.3 is 4.42 Å². The third-order valence-electron chi connectivity index (χ3n) is 1.38. The quantitative estimate of drug-likeness (QED) is 0.649. The third kappa shape index (κ3) is 2.42. The van der Waals surface area contributed by atoms with Crippen LogP contribution in [0.5, 0.6) is 0 Å². The highest BCUT2D eigenvalue weighted by molar-refractivity contribution is 7.98. The smallest absolute Gasteiger partial charge is 0.166 e. The molecular weight excluding hydrogens is 160 g/mol. The molecule has 0 amide bonds. The summed E-state index contributed by atoms with van der Waals surface area (Å²) in [6, 6.07) is 1.70. The van der Waals surface area contributed by atoms with Crippen molar-refractivity contribution in [1.82, 2.24) is 0 Å². The Balaban J connectivity index is 2.43. The van der Waals surface area contributed by atoms with E-state index >= 15 is 0 Å². The summed E-state index contributed by atoms with van der Waals surface area (Å²) in [5.41, 5.74) is 0.680. The highest BCUT2D eigenvalue weighted by Gasteiger charge is 2.04. The molecule has 0 aliphatic carbocycles. The molecule has 0 spiro atoms. The molecule has 0 aliphatic rings. The Kier molecular flexibility index (Phi) is 3.23. The van der Waals surface area contributed by atoms with Crippen LogP contribution in [-0.4, -0.2) is 17.8 Å². The maximum atomic E-state index is 11.2. The molecule has 0 saturated carbocycles. The van der Waals surface area contributed by atoms with Gasteiger partial charge in [-0.1, -0.05) is 0 Å². The maximum absolute atomic E-state index is 11.2.